The molecule has 4 nitrogen and oxygen atoms in total. The fourth-order valence-electron chi connectivity index (χ4n) is 2.91. The monoisotopic (exact) mass is 298 g/mol. The average Bonchev–Trinajstić information content (AvgIpc) is 3.01. The van der Waals surface area contributed by atoms with E-state index >= 15 is 0 Å². The minimum absolute atomic E-state index is 0.0997. The van der Waals surface area contributed by atoms with E-state index in [1.165, 1.54) is 0 Å². The second-order valence-electron chi connectivity index (χ2n) is 5.40. The summed E-state index contributed by atoms with van der Waals surface area (Å²) in [5.74, 6) is 0. The minimum Gasteiger partial charge on any atom is -0.395 e. The van der Waals surface area contributed by atoms with Gasteiger partial charge in [0.15, 0.2) is 6.29 Å². The predicted octanol–water partition coefficient (Wildman–Crippen LogP) is 2.43. The number of aliphatic hydroxyl groups is 1. The molecule has 0 aliphatic carbocycles. The van der Waals surface area contributed by atoms with Crippen LogP contribution in [-0.2, 0) is 19.6 Å². The lowest BCUT2D eigenvalue weighted by Gasteiger charge is -2.36. The number of halogens is 1. The molecule has 0 amide bonds. The van der Waals surface area contributed by atoms with Crippen LogP contribution in [0.2, 0.25) is 5.02 Å². The van der Waals surface area contributed by atoms with Crippen LogP contribution in [0.1, 0.15) is 30.3 Å². The third-order valence-electron chi connectivity index (χ3n) is 4.18. The lowest BCUT2D eigenvalue weighted by Crippen LogP contribution is -2.37. The Morgan fingerprint density at radius 3 is 2.45 bits per heavy atom. The van der Waals surface area contributed by atoms with E-state index in [4.69, 9.17) is 25.8 Å². The Balaban J connectivity index is 1.95. The summed E-state index contributed by atoms with van der Waals surface area (Å²) >= 11 is 6.24. The number of hydrogen-bond donors (Lipinski definition) is 1. The zero-order valence-electron chi connectivity index (χ0n) is 11.3. The van der Waals surface area contributed by atoms with Crippen molar-refractivity contribution in [2.75, 3.05) is 33.0 Å². The van der Waals surface area contributed by atoms with Gasteiger partial charge in [-0.3, -0.25) is 0 Å². The molecule has 2 fully saturated rings. The van der Waals surface area contributed by atoms with E-state index < -0.39 is 0 Å². The zero-order valence-corrected chi connectivity index (χ0v) is 12.1. The van der Waals surface area contributed by atoms with Gasteiger partial charge in [-0.25, -0.2) is 0 Å². The molecule has 0 spiro atoms. The smallest absolute Gasteiger partial charge is 0.184 e. The Labute approximate surface area is 123 Å². The van der Waals surface area contributed by atoms with Gasteiger partial charge in [-0.2, -0.15) is 0 Å². The summed E-state index contributed by atoms with van der Waals surface area (Å²) in [5, 5.41) is 10.5. The molecule has 0 aromatic heterocycles. The van der Waals surface area contributed by atoms with Crippen molar-refractivity contribution in [2.24, 2.45) is 0 Å². The minimum atomic E-state index is -0.344. The molecule has 2 heterocycles. The van der Waals surface area contributed by atoms with Crippen LogP contribution >= 0.6 is 11.6 Å². The first-order valence-corrected chi connectivity index (χ1v) is 7.34. The summed E-state index contributed by atoms with van der Waals surface area (Å²) in [6.07, 6.45) is 1.26. The van der Waals surface area contributed by atoms with Crippen LogP contribution in [0.3, 0.4) is 0 Å². The quantitative estimate of drug-likeness (QED) is 0.931. The molecule has 1 aromatic rings. The molecule has 2 aliphatic rings. The number of hydrogen-bond acceptors (Lipinski definition) is 4. The average molecular weight is 299 g/mol. The summed E-state index contributed by atoms with van der Waals surface area (Å²) < 4.78 is 16.5. The Morgan fingerprint density at radius 1 is 1.10 bits per heavy atom. The molecule has 3 rings (SSSR count). The zero-order chi connectivity index (χ0) is 14.0. The molecule has 1 N–H and O–H groups in total. The number of benzene rings is 1. The number of rotatable bonds is 3. The maximum absolute atomic E-state index is 9.88. The highest BCUT2D eigenvalue weighted by Crippen LogP contribution is 2.38. The summed E-state index contributed by atoms with van der Waals surface area (Å²) in [6, 6.07) is 5.84. The van der Waals surface area contributed by atoms with Gasteiger partial charge in [-0.1, -0.05) is 11.6 Å². The van der Waals surface area contributed by atoms with Crippen molar-refractivity contribution in [1.82, 2.24) is 0 Å². The first-order chi connectivity index (χ1) is 9.73. The molecule has 2 aliphatic heterocycles. The Morgan fingerprint density at radius 2 is 1.80 bits per heavy atom. The summed E-state index contributed by atoms with van der Waals surface area (Å²) in [6.45, 7) is 2.64. The van der Waals surface area contributed by atoms with Crippen LogP contribution < -0.4 is 0 Å². The van der Waals surface area contributed by atoms with Gasteiger partial charge in [0.05, 0.1) is 19.8 Å². The standard InChI is InChI=1S/C15H19ClO4/c16-13-8-11(14-19-5-6-20-14)7-12(9-13)15(10-17)1-3-18-4-2-15/h7-9,14,17H,1-6,10H2. The molecule has 1 aromatic carbocycles. The first-order valence-electron chi connectivity index (χ1n) is 6.96. The maximum atomic E-state index is 9.88. The molecule has 110 valence electrons. The van der Waals surface area contributed by atoms with Crippen LogP contribution in [0.25, 0.3) is 0 Å². The SMILES string of the molecule is OCC1(c2cc(Cl)cc(C3OCCO3)c2)CCOCC1. The van der Waals surface area contributed by atoms with Gasteiger partial charge in [-0.15, -0.1) is 0 Å². The van der Waals surface area contributed by atoms with Crippen LogP contribution in [0, 0.1) is 0 Å². The van der Waals surface area contributed by atoms with Crippen molar-refractivity contribution < 1.29 is 19.3 Å². The van der Waals surface area contributed by atoms with E-state index in [0.29, 0.717) is 31.5 Å². The van der Waals surface area contributed by atoms with E-state index in [2.05, 4.69) is 0 Å². The maximum Gasteiger partial charge on any atom is 0.184 e. The van der Waals surface area contributed by atoms with E-state index in [0.717, 1.165) is 24.0 Å². The lowest BCUT2D eigenvalue weighted by molar-refractivity contribution is -0.0443. The Kier molecular flexibility index (Phi) is 4.29. The highest BCUT2D eigenvalue weighted by Gasteiger charge is 2.35. The fraction of sp³-hybridized carbons (Fsp3) is 0.600. The molecule has 20 heavy (non-hydrogen) atoms. The second kappa shape index (κ2) is 6.00. The van der Waals surface area contributed by atoms with Crippen molar-refractivity contribution in [1.29, 1.82) is 0 Å². The fourth-order valence-corrected chi connectivity index (χ4v) is 3.15. The van der Waals surface area contributed by atoms with Crippen LogP contribution in [0.15, 0.2) is 18.2 Å². The van der Waals surface area contributed by atoms with Crippen LogP contribution in [0.5, 0.6) is 0 Å². The highest BCUT2D eigenvalue weighted by molar-refractivity contribution is 6.30. The van der Waals surface area contributed by atoms with Gasteiger partial charge in [0, 0.05) is 29.2 Å². The van der Waals surface area contributed by atoms with E-state index in [1.54, 1.807) is 0 Å². The summed E-state index contributed by atoms with van der Waals surface area (Å²) in [7, 11) is 0. The van der Waals surface area contributed by atoms with Gasteiger partial charge in [-0.05, 0) is 36.6 Å². The van der Waals surface area contributed by atoms with Gasteiger partial charge >= 0.3 is 0 Å². The van der Waals surface area contributed by atoms with Gasteiger partial charge in [0.1, 0.15) is 0 Å². The molecule has 0 atom stereocenters. The number of aliphatic hydroxyl groups excluding tert-OH is 1. The second-order valence-corrected chi connectivity index (χ2v) is 5.83. The Hall–Kier alpha value is -0.650. The van der Waals surface area contributed by atoms with E-state index in [1.807, 2.05) is 18.2 Å². The van der Waals surface area contributed by atoms with Crippen molar-refractivity contribution in [3.05, 3.63) is 34.3 Å². The third-order valence-corrected chi connectivity index (χ3v) is 4.40. The van der Waals surface area contributed by atoms with Gasteiger partial charge < -0.3 is 19.3 Å². The molecule has 0 unspecified atom stereocenters. The molecule has 0 saturated carbocycles. The van der Waals surface area contributed by atoms with Gasteiger partial charge in [0.25, 0.3) is 0 Å². The molecule has 2 saturated heterocycles. The van der Waals surface area contributed by atoms with Crippen molar-refractivity contribution in [3.63, 3.8) is 0 Å². The van der Waals surface area contributed by atoms with E-state index in [9.17, 15) is 5.11 Å². The summed E-state index contributed by atoms with van der Waals surface area (Å²) in [5.41, 5.74) is 1.70. The Bertz CT molecular complexity index is 465. The third kappa shape index (κ3) is 2.71. The van der Waals surface area contributed by atoms with Gasteiger partial charge in [0.2, 0.25) is 0 Å². The topological polar surface area (TPSA) is 47.9 Å². The normalized spacial score (nSPS) is 23.1. The molecular formula is C15H19ClO4. The highest BCUT2D eigenvalue weighted by atomic mass is 35.5. The van der Waals surface area contributed by atoms with E-state index in [-0.39, 0.29) is 18.3 Å². The molecule has 0 radical (unpaired) electrons. The largest absolute Gasteiger partial charge is 0.395 e. The predicted molar refractivity (Wildman–Crippen MR) is 74.9 cm³/mol. The lowest BCUT2D eigenvalue weighted by atomic mass is 9.74. The van der Waals surface area contributed by atoms with Crippen molar-refractivity contribution in [3.8, 4) is 0 Å². The number of ether oxygens (including phenoxy) is 3. The summed E-state index contributed by atoms with van der Waals surface area (Å²) in [4.78, 5) is 0. The van der Waals surface area contributed by atoms with Crippen molar-refractivity contribution >= 4 is 11.6 Å². The van der Waals surface area contributed by atoms with Crippen molar-refractivity contribution in [2.45, 2.75) is 24.5 Å². The molecule has 5 heteroatoms. The molecular weight excluding hydrogens is 280 g/mol. The molecule has 0 bridgehead atoms. The van der Waals surface area contributed by atoms with Crippen LogP contribution in [-0.4, -0.2) is 38.1 Å². The van der Waals surface area contributed by atoms with Crippen LogP contribution in [0.4, 0.5) is 0 Å². The first kappa shape index (κ1) is 14.3.